The van der Waals surface area contributed by atoms with Crippen molar-refractivity contribution in [3.05, 3.63) is 47.5 Å². The number of piperidine rings is 1. The predicted molar refractivity (Wildman–Crippen MR) is 122 cm³/mol. The van der Waals surface area contributed by atoms with Gasteiger partial charge in [0.05, 0.1) is 37.6 Å². The molecule has 0 aliphatic carbocycles. The Kier molecular flexibility index (Phi) is 7.40. The van der Waals surface area contributed by atoms with E-state index >= 15 is 8.78 Å². The number of ether oxygens (including phenoxy) is 1. The summed E-state index contributed by atoms with van der Waals surface area (Å²) in [6.45, 7) is 0.376. The molecule has 198 valence electrons. The van der Waals surface area contributed by atoms with Gasteiger partial charge in [0.2, 0.25) is 15.8 Å². The van der Waals surface area contributed by atoms with Crippen molar-refractivity contribution in [2.24, 2.45) is 0 Å². The molecule has 2 aromatic rings. The third kappa shape index (κ3) is 5.86. The zero-order chi connectivity index (χ0) is 26.1. The van der Waals surface area contributed by atoms with Crippen LogP contribution in [0.4, 0.5) is 33.6 Å². The molecule has 36 heavy (non-hydrogen) atoms. The molecule has 2 fully saturated rings. The van der Waals surface area contributed by atoms with E-state index in [1.807, 2.05) is 0 Å². The average molecular weight is 536 g/mol. The zero-order valence-electron chi connectivity index (χ0n) is 19.4. The Morgan fingerprint density at radius 3 is 2.42 bits per heavy atom. The molecule has 3 heterocycles. The average Bonchev–Trinajstić information content (AvgIpc) is 2.83. The Labute approximate surface area is 205 Å². The number of aromatic nitrogens is 2. The van der Waals surface area contributed by atoms with Gasteiger partial charge in [-0.2, -0.15) is 17.6 Å². The van der Waals surface area contributed by atoms with Gasteiger partial charge in [-0.1, -0.05) is 12.1 Å². The Bertz CT molecular complexity index is 1170. The third-order valence-corrected chi connectivity index (χ3v) is 7.76. The Hall–Kier alpha value is -2.58. The first-order valence-electron chi connectivity index (χ1n) is 11.3. The van der Waals surface area contributed by atoms with E-state index in [0.29, 0.717) is 5.56 Å². The predicted octanol–water partition coefficient (Wildman–Crippen LogP) is 3.39. The summed E-state index contributed by atoms with van der Waals surface area (Å²) in [6.07, 6.45) is -2.39. The lowest BCUT2D eigenvalue weighted by Gasteiger charge is -2.37. The smallest absolute Gasteiger partial charge is 0.377 e. The van der Waals surface area contributed by atoms with Crippen molar-refractivity contribution in [3.63, 3.8) is 0 Å². The number of hydrogen-bond donors (Lipinski definition) is 1. The van der Waals surface area contributed by atoms with E-state index in [1.165, 1.54) is 16.4 Å². The second kappa shape index (κ2) is 10.1. The molecule has 14 heteroatoms. The van der Waals surface area contributed by atoms with Crippen molar-refractivity contribution in [2.75, 3.05) is 55.9 Å². The first-order valence-corrected chi connectivity index (χ1v) is 13.1. The molecule has 1 unspecified atom stereocenters. The van der Waals surface area contributed by atoms with Crippen LogP contribution in [-0.4, -0.2) is 74.0 Å². The largest absolute Gasteiger partial charge is 0.416 e. The summed E-state index contributed by atoms with van der Waals surface area (Å²) in [6, 6.07) is 3.97. The standard InChI is InChI=1S/C22H26F5N5O3S/c1-36(33,34)31-8-6-21(24,7-9-31)13-28-19-18(23)20(30-14-29-19)32-10-11-35-12-17(32)15-2-4-16(5-3-15)22(25,26)27/h2-5,14,17H,6-13H2,1H3,(H,28,29,30). The highest BCUT2D eigenvalue weighted by atomic mass is 32.2. The van der Waals surface area contributed by atoms with Gasteiger partial charge < -0.3 is 15.0 Å². The third-order valence-electron chi connectivity index (χ3n) is 6.45. The monoisotopic (exact) mass is 535 g/mol. The second-order valence-electron chi connectivity index (χ2n) is 8.93. The topological polar surface area (TPSA) is 87.7 Å². The SMILES string of the molecule is CS(=O)(=O)N1CCC(F)(CNc2ncnc(N3CCOCC3c3ccc(C(F)(F)F)cc3)c2F)CC1. The van der Waals surface area contributed by atoms with Crippen LogP contribution in [0.5, 0.6) is 0 Å². The van der Waals surface area contributed by atoms with Crippen LogP contribution in [0.2, 0.25) is 0 Å². The minimum absolute atomic E-state index is 0.0249. The van der Waals surface area contributed by atoms with E-state index in [2.05, 4.69) is 15.3 Å². The molecule has 2 saturated heterocycles. The maximum atomic E-state index is 15.4. The first kappa shape index (κ1) is 26.5. The lowest BCUT2D eigenvalue weighted by Crippen LogP contribution is -2.47. The molecular formula is C22H26F5N5O3S. The Morgan fingerprint density at radius 1 is 1.14 bits per heavy atom. The summed E-state index contributed by atoms with van der Waals surface area (Å²) in [5.41, 5.74) is -2.05. The Balaban J connectivity index is 1.49. The highest BCUT2D eigenvalue weighted by molar-refractivity contribution is 7.88. The summed E-state index contributed by atoms with van der Waals surface area (Å²) in [5.74, 6) is -1.13. The molecule has 0 bridgehead atoms. The van der Waals surface area contributed by atoms with Crippen LogP contribution >= 0.6 is 0 Å². The quantitative estimate of drug-likeness (QED) is 0.568. The van der Waals surface area contributed by atoms with E-state index in [1.54, 1.807) is 4.90 Å². The van der Waals surface area contributed by atoms with E-state index < -0.39 is 39.3 Å². The number of anilines is 2. The summed E-state index contributed by atoms with van der Waals surface area (Å²) in [5, 5.41) is 2.68. The van der Waals surface area contributed by atoms with Gasteiger partial charge in [0.1, 0.15) is 12.0 Å². The van der Waals surface area contributed by atoms with E-state index in [4.69, 9.17) is 4.74 Å². The minimum atomic E-state index is -4.48. The fourth-order valence-electron chi connectivity index (χ4n) is 4.35. The van der Waals surface area contributed by atoms with Crippen LogP contribution in [0.3, 0.4) is 0 Å². The van der Waals surface area contributed by atoms with Crippen LogP contribution in [-0.2, 0) is 20.9 Å². The van der Waals surface area contributed by atoms with Crippen LogP contribution in [0.25, 0.3) is 0 Å². The second-order valence-corrected chi connectivity index (χ2v) is 10.9. The fraction of sp³-hybridized carbons (Fsp3) is 0.545. The van der Waals surface area contributed by atoms with Crippen molar-refractivity contribution < 1.29 is 35.1 Å². The first-order chi connectivity index (χ1) is 16.9. The van der Waals surface area contributed by atoms with Gasteiger partial charge in [-0.3, -0.25) is 0 Å². The number of nitrogens with zero attached hydrogens (tertiary/aromatic N) is 4. The molecule has 1 aromatic carbocycles. The summed E-state index contributed by atoms with van der Waals surface area (Å²) < 4.78 is 99.5. The lowest BCUT2D eigenvalue weighted by molar-refractivity contribution is -0.137. The minimum Gasteiger partial charge on any atom is -0.377 e. The normalized spacial score (nSPS) is 21.4. The van der Waals surface area contributed by atoms with Crippen molar-refractivity contribution in [1.29, 1.82) is 0 Å². The number of sulfonamides is 1. The van der Waals surface area contributed by atoms with Crippen LogP contribution in [0.1, 0.15) is 30.0 Å². The Morgan fingerprint density at radius 2 is 1.81 bits per heavy atom. The molecule has 2 aliphatic rings. The van der Waals surface area contributed by atoms with Gasteiger partial charge >= 0.3 is 6.18 Å². The molecule has 0 radical (unpaired) electrons. The van der Waals surface area contributed by atoms with Gasteiger partial charge in [-0.25, -0.2) is 27.1 Å². The lowest BCUT2D eigenvalue weighted by atomic mass is 9.94. The maximum absolute atomic E-state index is 15.4. The molecule has 0 amide bonds. The number of nitrogens with one attached hydrogen (secondary N) is 1. The number of halogens is 5. The van der Waals surface area contributed by atoms with Crippen molar-refractivity contribution in [3.8, 4) is 0 Å². The van der Waals surface area contributed by atoms with Crippen molar-refractivity contribution in [2.45, 2.75) is 30.7 Å². The number of alkyl halides is 4. The molecule has 1 aromatic heterocycles. The van der Waals surface area contributed by atoms with E-state index in [-0.39, 0.29) is 63.9 Å². The van der Waals surface area contributed by atoms with Crippen LogP contribution < -0.4 is 10.2 Å². The summed E-state index contributed by atoms with van der Waals surface area (Å²) in [4.78, 5) is 9.52. The van der Waals surface area contributed by atoms with Crippen LogP contribution in [0, 0.1) is 5.82 Å². The molecule has 8 nitrogen and oxygen atoms in total. The molecule has 0 spiro atoms. The number of rotatable bonds is 6. The van der Waals surface area contributed by atoms with Crippen molar-refractivity contribution >= 4 is 21.7 Å². The molecule has 1 atom stereocenters. The molecule has 1 N–H and O–H groups in total. The summed E-state index contributed by atoms with van der Waals surface area (Å²) in [7, 11) is -3.41. The molecule has 4 rings (SSSR count). The van der Waals surface area contributed by atoms with Crippen LogP contribution in [0.15, 0.2) is 30.6 Å². The molecule has 2 aliphatic heterocycles. The summed E-state index contributed by atoms with van der Waals surface area (Å²) >= 11 is 0. The highest BCUT2D eigenvalue weighted by Crippen LogP contribution is 2.35. The number of hydrogen-bond acceptors (Lipinski definition) is 7. The molecule has 0 saturated carbocycles. The van der Waals surface area contributed by atoms with Gasteiger partial charge in [0, 0.05) is 19.6 Å². The highest BCUT2D eigenvalue weighted by Gasteiger charge is 2.38. The van der Waals surface area contributed by atoms with E-state index in [9.17, 15) is 21.6 Å². The zero-order valence-corrected chi connectivity index (χ0v) is 20.2. The van der Waals surface area contributed by atoms with Gasteiger partial charge in [-0.15, -0.1) is 0 Å². The molecular weight excluding hydrogens is 509 g/mol. The fourth-order valence-corrected chi connectivity index (χ4v) is 5.19. The number of benzene rings is 1. The van der Waals surface area contributed by atoms with Gasteiger partial charge in [-0.05, 0) is 30.5 Å². The van der Waals surface area contributed by atoms with Crippen molar-refractivity contribution in [1.82, 2.24) is 14.3 Å². The number of morpholine rings is 1. The van der Waals surface area contributed by atoms with Gasteiger partial charge in [0.15, 0.2) is 11.6 Å². The van der Waals surface area contributed by atoms with Gasteiger partial charge in [0.25, 0.3) is 0 Å². The van der Waals surface area contributed by atoms with E-state index in [0.717, 1.165) is 24.7 Å². The maximum Gasteiger partial charge on any atom is 0.416 e.